The van der Waals surface area contributed by atoms with Crippen LogP contribution >= 0.6 is 0 Å². The van der Waals surface area contributed by atoms with Crippen molar-refractivity contribution in [2.75, 3.05) is 11.9 Å². The van der Waals surface area contributed by atoms with Crippen molar-refractivity contribution in [2.24, 2.45) is 0 Å². The second kappa shape index (κ2) is 6.66. The molecule has 0 bridgehead atoms. The van der Waals surface area contributed by atoms with Gasteiger partial charge in [-0.15, -0.1) is 0 Å². The molecule has 0 spiro atoms. The van der Waals surface area contributed by atoms with Gasteiger partial charge in [-0.2, -0.15) is 0 Å². The van der Waals surface area contributed by atoms with Gasteiger partial charge in [0.2, 0.25) is 0 Å². The summed E-state index contributed by atoms with van der Waals surface area (Å²) in [7, 11) is 0. The SMILES string of the molecule is Cc1cc(OC(C)(C)C)ccc1NCCCn1ccnc1. The van der Waals surface area contributed by atoms with Crippen LogP contribution in [0.4, 0.5) is 5.69 Å². The van der Waals surface area contributed by atoms with Gasteiger partial charge < -0.3 is 14.6 Å². The summed E-state index contributed by atoms with van der Waals surface area (Å²) in [6.45, 7) is 10.2. The topological polar surface area (TPSA) is 39.1 Å². The van der Waals surface area contributed by atoms with Crippen molar-refractivity contribution >= 4 is 5.69 Å². The number of nitrogens with zero attached hydrogens (tertiary/aromatic N) is 2. The summed E-state index contributed by atoms with van der Waals surface area (Å²) in [5.74, 6) is 0.920. The normalized spacial score (nSPS) is 11.4. The summed E-state index contributed by atoms with van der Waals surface area (Å²) < 4.78 is 7.97. The molecular weight excluding hydrogens is 262 g/mol. The van der Waals surface area contributed by atoms with Gasteiger partial charge in [-0.3, -0.25) is 0 Å². The summed E-state index contributed by atoms with van der Waals surface area (Å²) in [6, 6.07) is 6.20. The van der Waals surface area contributed by atoms with Gasteiger partial charge in [0.1, 0.15) is 11.4 Å². The van der Waals surface area contributed by atoms with Crippen LogP contribution in [0, 0.1) is 6.92 Å². The van der Waals surface area contributed by atoms with Gasteiger partial charge in [-0.05, 0) is 57.9 Å². The molecule has 0 saturated carbocycles. The zero-order chi connectivity index (χ0) is 15.3. The van der Waals surface area contributed by atoms with E-state index in [9.17, 15) is 0 Å². The number of ether oxygens (including phenoxy) is 1. The Labute approximate surface area is 127 Å². The maximum Gasteiger partial charge on any atom is 0.120 e. The van der Waals surface area contributed by atoms with Crippen LogP contribution in [0.25, 0.3) is 0 Å². The highest BCUT2D eigenvalue weighted by Crippen LogP contribution is 2.24. The molecule has 2 aromatic rings. The van der Waals surface area contributed by atoms with Crippen LogP contribution in [-0.2, 0) is 6.54 Å². The van der Waals surface area contributed by atoms with E-state index in [0.717, 1.165) is 25.3 Å². The van der Waals surface area contributed by atoms with E-state index in [1.807, 2.05) is 24.8 Å². The smallest absolute Gasteiger partial charge is 0.120 e. The molecule has 0 atom stereocenters. The first-order valence-electron chi connectivity index (χ1n) is 7.43. The van der Waals surface area contributed by atoms with E-state index < -0.39 is 0 Å². The minimum Gasteiger partial charge on any atom is -0.488 e. The monoisotopic (exact) mass is 287 g/mol. The Morgan fingerprint density at radius 3 is 2.71 bits per heavy atom. The first-order valence-corrected chi connectivity index (χ1v) is 7.43. The average molecular weight is 287 g/mol. The highest BCUT2D eigenvalue weighted by Gasteiger charge is 2.12. The Morgan fingerprint density at radius 2 is 2.10 bits per heavy atom. The quantitative estimate of drug-likeness (QED) is 0.820. The molecule has 4 heteroatoms. The van der Waals surface area contributed by atoms with E-state index >= 15 is 0 Å². The molecule has 1 N–H and O–H groups in total. The van der Waals surface area contributed by atoms with Crippen LogP contribution in [0.15, 0.2) is 36.9 Å². The van der Waals surface area contributed by atoms with Crippen molar-refractivity contribution in [3.63, 3.8) is 0 Å². The fraction of sp³-hybridized carbons (Fsp3) is 0.471. The largest absolute Gasteiger partial charge is 0.488 e. The van der Waals surface area contributed by atoms with Crippen LogP contribution in [-0.4, -0.2) is 21.7 Å². The molecule has 0 saturated heterocycles. The van der Waals surface area contributed by atoms with Gasteiger partial charge in [0, 0.05) is 31.2 Å². The zero-order valence-corrected chi connectivity index (χ0v) is 13.4. The number of anilines is 1. The van der Waals surface area contributed by atoms with E-state index in [1.54, 1.807) is 0 Å². The Hall–Kier alpha value is -1.97. The molecule has 0 radical (unpaired) electrons. The molecule has 0 fully saturated rings. The third-order valence-electron chi connectivity index (χ3n) is 3.09. The lowest BCUT2D eigenvalue weighted by atomic mass is 10.1. The molecule has 21 heavy (non-hydrogen) atoms. The van der Waals surface area contributed by atoms with Crippen LogP contribution in [0.3, 0.4) is 0 Å². The highest BCUT2D eigenvalue weighted by molar-refractivity contribution is 5.53. The van der Waals surface area contributed by atoms with Gasteiger partial charge in [-0.1, -0.05) is 0 Å². The molecule has 1 heterocycles. The summed E-state index contributed by atoms with van der Waals surface area (Å²) >= 11 is 0. The number of nitrogens with one attached hydrogen (secondary N) is 1. The molecule has 1 aromatic heterocycles. The molecule has 0 unspecified atom stereocenters. The van der Waals surface area contributed by atoms with Crippen molar-refractivity contribution in [1.29, 1.82) is 0 Å². The van der Waals surface area contributed by atoms with E-state index in [4.69, 9.17) is 4.74 Å². The standard InChI is InChI=1S/C17H25N3O/c1-14-12-15(21-17(2,3)4)6-7-16(14)19-8-5-10-20-11-9-18-13-20/h6-7,9,11-13,19H,5,8,10H2,1-4H3. The van der Waals surface area contributed by atoms with Crippen molar-refractivity contribution in [3.05, 3.63) is 42.5 Å². The predicted octanol–water partition coefficient (Wildman–Crippen LogP) is 3.87. The second-order valence-electron chi connectivity index (χ2n) is 6.27. The fourth-order valence-electron chi connectivity index (χ4n) is 2.16. The lowest BCUT2D eigenvalue weighted by Gasteiger charge is -2.22. The van der Waals surface area contributed by atoms with E-state index in [2.05, 4.69) is 54.7 Å². The van der Waals surface area contributed by atoms with E-state index in [0.29, 0.717) is 0 Å². The molecule has 4 nitrogen and oxygen atoms in total. The summed E-state index contributed by atoms with van der Waals surface area (Å²) in [4.78, 5) is 4.04. The lowest BCUT2D eigenvalue weighted by Crippen LogP contribution is -2.23. The molecule has 114 valence electrons. The predicted molar refractivity (Wildman–Crippen MR) is 86.9 cm³/mol. The van der Waals surface area contributed by atoms with Crippen LogP contribution in [0.2, 0.25) is 0 Å². The van der Waals surface area contributed by atoms with Gasteiger partial charge in [0.15, 0.2) is 0 Å². The maximum atomic E-state index is 5.87. The number of hydrogen-bond acceptors (Lipinski definition) is 3. The average Bonchev–Trinajstić information content (AvgIpc) is 2.88. The Morgan fingerprint density at radius 1 is 1.29 bits per heavy atom. The molecule has 0 aliphatic heterocycles. The molecule has 0 aliphatic carbocycles. The van der Waals surface area contributed by atoms with Crippen LogP contribution < -0.4 is 10.1 Å². The number of aromatic nitrogens is 2. The zero-order valence-electron chi connectivity index (χ0n) is 13.4. The Balaban J connectivity index is 1.83. The van der Waals surface area contributed by atoms with Crippen LogP contribution in [0.1, 0.15) is 32.8 Å². The van der Waals surface area contributed by atoms with Crippen molar-refractivity contribution in [2.45, 2.75) is 46.3 Å². The minimum absolute atomic E-state index is 0.161. The van der Waals surface area contributed by atoms with Gasteiger partial charge in [0.25, 0.3) is 0 Å². The lowest BCUT2D eigenvalue weighted by molar-refractivity contribution is 0.131. The molecular formula is C17H25N3O. The first kappa shape index (κ1) is 15.4. The molecule has 1 aromatic carbocycles. The number of rotatable bonds is 6. The van der Waals surface area contributed by atoms with E-state index in [1.165, 1.54) is 11.3 Å². The van der Waals surface area contributed by atoms with Crippen molar-refractivity contribution in [1.82, 2.24) is 9.55 Å². The number of aryl methyl sites for hydroxylation is 2. The summed E-state index contributed by atoms with van der Waals surface area (Å²) in [5.41, 5.74) is 2.22. The summed E-state index contributed by atoms with van der Waals surface area (Å²) in [5, 5.41) is 3.48. The van der Waals surface area contributed by atoms with Gasteiger partial charge >= 0.3 is 0 Å². The Kier molecular flexibility index (Phi) is 4.89. The summed E-state index contributed by atoms with van der Waals surface area (Å²) in [6.07, 6.45) is 6.72. The minimum atomic E-state index is -0.161. The third-order valence-corrected chi connectivity index (χ3v) is 3.09. The fourth-order valence-corrected chi connectivity index (χ4v) is 2.16. The number of hydrogen-bond donors (Lipinski definition) is 1. The number of imidazole rings is 1. The molecule has 0 amide bonds. The molecule has 2 rings (SSSR count). The maximum absolute atomic E-state index is 5.87. The van der Waals surface area contributed by atoms with Crippen LogP contribution in [0.5, 0.6) is 5.75 Å². The van der Waals surface area contributed by atoms with E-state index in [-0.39, 0.29) is 5.60 Å². The van der Waals surface area contributed by atoms with Gasteiger partial charge in [0.05, 0.1) is 6.33 Å². The second-order valence-corrected chi connectivity index (χ2v) is 6.27. The van der Waals surface area contributed by atoms with Crippen molar-refractivity contribution in [3.8, 4) is 5.75 Å². The van der Waals surface area contributed by atoms with Gasteiger partial charge in [-0.25, -0.2) is 4.98 Å². The number of benzene rings is 1. The first-order chi connectivity index (χ1) is 9.94. The molecule has 0 aliphatic rings. The van der Waals surface area contributed by atoms with Crippen molar-refractivity contribution < 1.29 is 4.74 Å². The highest BCUT2D eigenvalue weighted by atomic mass is 16.5. The Bertz CT molecular complexity index is 556. The third kappa shape index (κ3) is 5.14.